The third kappa shape index (κ3) is 2.75. The number of carbonyl (C=O) groups excluding carboxylic acids is 1. The molecule has 134 valence electrons. The normalized spacial score (nSPS) is 15.3. The van der Waals surface area contributed by atoms with Crippen LogP contribution >= 0.6 is 0 Å². The van der Waals surface area contributed by atoms with E-state index in [0.717, 1.165) is 22.5 Å². The fraction of sp³-hybridized carbons (Fsp3) is 0.318. The summed E-state index contributed by atoms with van der Waals surface area (Å²) in [7, 11) is 1.40. The van der Waals surface area contributed by atoms with Crippen LogP contribution in [0.4, 0.5) is 0 Å². The molecule has 0 aliphatic heterocycles. The fourth-order valence-electron chi connectivity index (χ4n) is 4.18. The van der Waals surface area contributed by atoms with Crippen molar-refractivity contribution >= 4 is 22.9 Å². The number of rotatable bonds is 4. The monoisotopic (exact) mass is 349 g/mol. The highest BCUT2D eigenvalue weighted by molar-refractivity contribution is 5.98. The van der Waals surface area contributed by atoms with Crippen molar-refractivity contribution in [3.8, 4) is 11.3 Å². The third-order valence-corrected chi connectivity index (χ3v) is 5.42. The molecule has 1 fully saturated rings. The van der Waals surface area contributed by atoms with Crippen LogP contribution in [0.2, 0.25) is 0 Å². The van der Waals surface area contributed by atoms with Crippen molar-refractivity contribution in [2.75, 3.05) is 7.11 Å². The Bertz CT molecular complexity index is 957. The molecule has 3 aromatic rings. The Morgan fingerprint density at radius 1 is 1.27 bits per heavy atom. The smallest absolute Gasteiger partial charge is 0.337 e. The van der Waals surface area contributed by atoms with Gasteiger partial charge in [0.15, 0.2) is 0 Å². The van der Waals surface area contributed by atoms with Crippen molar-refractivity contribution in [1.82, 2.24) is 4.98 Å². The molecule has 1 aliphatic rings. The second-order valence-electron chi connectivity index (χ2n) is 6.90. The zero-order valence-corrected chi connectivity index (χ0v) is 15.0. The number of nitrogens with one attached hydrogen (secondary N) is 1. The SMILES string of the molecule is C=Cc1occc1-c1[nH]c2cc(C(=O)OC)ccc2c1C1CCCCC1. The molecule has 2 aromatic heterocycles. The maximum absolute atomic E-state index is 11.9. The van der Waals surface area contributed by atoms with Crippen molar-refractivity contribution in [2.45, 2.75) is 38.0 Å². The van der Waals surface area contributed by atoms with Gasteiger partial charge in [0.05, 0.1) is 24.6 Å². The van der Waals surface area contributed by atoms with Gasteiger partial charge in [0.1, 0.15) is 5.76 Å². The quantitative estimate of drug-likeness (QED) is 0.596. The van der Waals surface area contributed by atoms with E-state index in [1.807, 2.05) is 24.3 Å². The topological polar surface area (TPSA) is 55.2 Å². The molecule has 0 amide bonds. The van der Waals surface area contributed by atoms with Crippen molar-refractivity contribution < 1.29 is 13.9 Å². The zero-order valence-electron chi connectivity index (χ0n) is 15.0. The lowest BCUT2D eigenvalue weighted by molar-refractivity contribution is 0.0601. The molecule has 4 nitrogen and oxygen atoms in total. The molecular formula is C22H23NO3. The maximum Gasteiger partial charge on any atom is 0.337 e. The van der Waals surface area contributed by atoms with Crippen LogP contribution in [0.15, 0.2) is 41.5 Å². The van der Waals surface area contributed by atoms with E-state index in [9.17, 15) is 4.79 Å². The molecule has 2 heterocycles. The van der Waals surface area contributed by atoms with Crippen LogP contribution in [0.3, 0.4) is 0 Å². The summed E-state index contributed by atoms with van der Waals surface area (Å²) < 4.78 is 10.4. The van der Waals surface area contributed by atoms with E-state index in [1.165, 1.54) is 50.2 Å². The number of hydrogen-bond donors (Lipinski definition) is 1. The van der Waals surface area contributed by atoms with Crippen molar-refractivity contribution in [3.05, 3.63) is 54.0 Å². The summed E-state index contributed by atoms with van der Waals surface area (Å²) >= 11 is 0. The van der Waals surface area contributed by atoms with Crippen LogP contribution in [-0.2, 0) is 4.74 Å². The van der Waals surface area contributed by atoms with Crippen LogP contribution < -0.4 is 0 Å². The van der Waals surface area contributed by atoms with E-state index < -0.39 is 0 Å². The van der Waals surface area contributed by atoms with Gasteiger partial charge < -0.3 is 14.1 Å². The van der Waals surface area contributed by atoms with Crippen LogP contribution in [0.1, 0.15) is 59.7 Å². The van der Waals surface area contributed by atoms with Crippen LogP contribution in [-0.4, -0.2) is 18.1 Å². The summed E-state index contributed by atoms with van der Waals surface area (Å²) in [6.07, 6.45) is 9.66. The minimum Gasteiger partial charge on any atom is -0.465 e. The molecule has 0 atom stereocenters. The number of ether oxygens (including phenoxy) is 1. The van der Waals surface area contributed by atoms with Gasteiger partial charge in [-0.25, -0.2) is 4.79 Å². The molecule has 0 unspecified atom stereocenters. The number of esters is 1. The number of aromatic nitrogens is 1. The summed E-state index contributed by atoms with van der Waals surface area (Å²) in [5, 5.41) is 1.18. The summed E-state index contributed by atoms with van der Waals surface area (Å²) in [6.45, 7) is 3.86. The van der Waals surface area contributed by atoms with Crippen LogP contribution in [0.5, 0.6) is 0 Å². The van der Waals surface area contributed by atoms with E-state index in [4.69, 9.17) is 9.15 Å². The van der Waals surface area contributed by atoms with Crippen molar-refractivity contribution in [1.29, 1.82) is 0 Å². The summed E-state index contributed by atoms with van der Waals surface area (Å²) in [5.74, 6) is 0.961. The summed E-state index contributed by atoms with van der Waals surface area (Å²) in [4.78, 5) is 15.5. The number of hydrogen-bond acceptors (Lipinski definition) is 3. The van der Waals surface area contributed by atoms with Crippen LogP contribution in [0, 0.1) is 0 Å². The lowest BCUT2D eigenvalue weighted by Crippen LogP contribution is -2.05. The first kappa shape index (κ1) is 16.7. The standard InChI is InChI=1S/C22H23NO3/c1-3-19-17(11-12-26-19)21-20(14-7-5-4-6-8-14)16-10-9-15(22(24)25-2)13-18(16)23-21/h3,9-14,23H,1,4-8H2,2H3. The Labute approximate surface area is 152 Å². The molecule has 26 heavy (non-hydrogen) atoms. The molecule has 0 spiro atoms. The molecule has 1 saturated carbocycles. The average molecular weight is 349 g/mol. The Morgan fingerprint density at radius 3 is 2.81 bits per heavy atom. The molecule has 0 radical (unpaired) electrons. The second kappa shape index (κ2) is 6.87. The molecule has 0 bridgehead atoms. The number of methoxy groups -OCH3 is 1. The second-order valence-corrected chi connectivity index (χ2v) is 6.90. The number of fused-ring (bicyclic) bond motifs is 1. The molecule has 4 heteroatoms. The van der Waals surface area contributed by atoms with Gasteiger partial charge >= 0.3 is 5.97 Å². The number of H-pyrrole nitrogens is 1. The number of carbonyl (C=O) groups is 1. The number of furan rings is 1. The lowest BCUT2D eigenvalue weighted by Gasteiger charge is -2.22. The minimum atomic E-state index is -0.322. The average Bonchev–Trinajstić information content (AvgIpc) is 3.31. The van der Waals surface area contributed by atoms with Gasteiger partial charge in [0, 0.05) is 16.5 Å². The summed E-state index contributed by atoms with van der Waals surface area (Å²) in [5.41, 5.74) is 4.95. The molecule has 1 aromatic carbocycles. The Morgan fingerprint density at radius 2 is 2.08 bits per heavy atom. The first-order chi connectivity index (χ1) is 12.7. The molecule has 4 rings (SSSR count). The highest BCUT2D eigenvalue weighted by Gasteiger charge is 2.25. The molecule has 1 N–H and O–H groups in total. The lowest BCUT2D eigenvalue weighted by atomic mass is 9.82. The largest absolute Gasteiger partial charge is 0.465 e. The molecule has 1 aliphatic carbocycles. The van der Waals surface area contributed by atoms with Crippen molar-refractivity contribution in [2.24, 2.45) is 0 Å². The highest BCUT2D eigenvalue weighted by Crippen LogP contribution is 2.43. The number of benzene rings is 1. The van der Waals surface area contributed by atoms with Gasteiger partial charge in [-0.2, -0.15) is 0 Å². The Kier molecular flexibility index (Phi) is 4.41. The predicted octanol–water partition coefficient (Wildman–Crippen LogP) is 5.91. The minimum absolute atomic E-state index is 0.322. The first-order valence-corrected chi connectivity index (χ1v) is 9.17. The van der Waals surface area contributed by atoms with E-state index in [0.29, 0.717) is 11.5 Å². The Hall–Kier alpha value is -2.75. The van der Waals surface area contributed by atoms with Gasteiger partial charge in [0.2, 0.25) is 0 Å². The predicted molar refractivity (Wildman–Crippen MR) is 103 cm³/mol. The highest BCUT2D eigenvalue weighted by atomic mass is 16.5. The zero-order chi connectivity index (χ0) is 18.1. The Balaban J connectivity index is 1.93. The van der Waals surface area contributed by atoms with Gasteiger partial charge in [-0.3, -0.25) is 0 Å². The van der Waals surface area contributed by atoms with Gasteiger partial charge in [0.25, 0.3) is 0 Å². The fourth-order valence-corrected chi connectivity index (χ4v) is 4.18. The molecular weight excluding hydrogens is 326 g/mol. The molecule has 0 saturated heterocycles. The van der Waals surface area contributed by atoms with Gasteiger partial charge in [-0.1, -0.05) is 31.9 Å². The van der Waals surface area contributed by atoms with E-state index >= 15 is 0 Å². The van der Waals surface area contributed by atoms with Crippen molar-refractivity contribution in [3.63, 3.8) is 0 Å². The first-order valence-electron chi connectivity index (χ1n) is 9.17. The summed E-state index contributed by atoms with van der Waals surface area (Å²) in [6, 6.07) is 7.75. The van der Waals surface area contributed by atoms with Gasteiger partial charge in [-0.15, -0.1) is 0 Å². The van der Waals surface area contributed by atoms with Crippen LogP contribution in [0.25, 0.3) is 28.2 Å². The van der Waals surface area contributed by atoms with E-state index in [1.54, 1.807) is 12.3 Å². The van der Waals surface area contributed by atoms with E-state index in [2.05, 4.69) is 11.6 Å². The van der Waals surface area contributed by atoms with E-state index in [-0.39, 0.29) is 5.97 Å². The third-order valence-electron chi connectivity index (χ3n) is 5.42. The maximum atomic E-state index is 11.9. The van der Waals surface area contributed by atoms with Gasteiger partial charge in [-0.05, 0) is 48.6 Å². The number of aromatic amines is 1.